The Morgan fingerprint density at radius 3 is 2.28 bits per heavy atom. The highest BCUT2D eigenvalue weighted by Crippen LogP contribution is 2.30. The molecule has 3 aromatic rings. The molecule has 7 nitrogen and oxygen atoms in total. The standard InChI is InChI=1S/C23H24N4O3S.ClH/c1-25(2)14-5-15-26(23-24-18-6-3-4-7-19(18)31-23)22(30)16-8-10-17(11-9-16)27-20(28)12-13-21(27)29;/h3-4,6-11H,5,12-15H2,1-2H3;1H. The number of anilines is 2. The Labute approximate surface area is 197 Å². The number of aromatic nitrogens is 1. The molecule has 32 heavy (non-hydrogen) atoms. The molecule has 0 aliphatic carbocycles. The molecule has 4 rings (SSSR count). The number of halogens is 1. The lowest BCUT2D eigenvalue weighted by Crippen LogP contribution is -2.33. The summed E-state index contributed by atoms with van der Waals surface area (Å²) in [6.45, 7) is 1.40. The van der Waals surface area contributed by atoms with E-state index in [4.69, 9.17) is 0 Å². The number of imide groups is 1. The first kappa shape index (κ1) is 23.8. The number of hydrogen-bond acceptors (Lipinski definition) is 6. The Balaban J connectivity index is 0.00000289. The van der Waals surface area contributed by atoms with E-state index >= 15 is 0 Å². The molecule has 0 bridgehead atoms. The SMILES string of the molecule is CN(C)CCCN(C(=O)c1ccc(N2C(=O)CCC2=O)cc1)c1nc2ccccc2s1.Cl. The average Bonchev–Trinajstić information content (AvgIpc) is 3.33. The van der Waals surface area contributed by atoms with Crippen LogP contribution in [-0.4, -0.2) is 54.8 Å². The van der Waals surface area contributed by atoms with E-state index in [0.29, 0.717) is 22.9 Å². The minimum Gasteiger partial charge on any atom is -0.309 e. The molecule has 168 valence electrons. The van der Waals surface area contributed by atoms with Crippen LogP contribution in [-0.2, 0) is 9.59 Å². The lowest BCUT2D eigenvalue weighted by Gasteiger charge is -2.21. The van der Waals surface area contributed by atoms with Gasteiger partial charge in [0, 0.05) is 24.9 Å². The molecule has 1 aliphatic rings. The van der Waals surface area contributed by atoms with Gasteiger partial charge in [-0.2, -0.15) is 0 Å². The highest BCUT2D eigenvalue weighted by Gasteiger charge is 2.30. The minimum atomic E-state index is -0.205. The maximum Gasteiger partial charge on any atom is 0.260 e. The first-order valence-electron chi connectivity index (χ1n) is 10.2. The topological polar surface area (TPSA) is 73.8 Å². The highest BCUT2D eigenvalue weighted by molar-refractivity contribution is 7.22. The summed E-state index contributed by atoms with van der Waals surface area (Å²) in [6.07, 6.45) is 1.27. The molecular formula is C23H25ClN4O3S. The molecule has 2 aromatic carbocycles. The summed E-state index contributed by atoms with van der Waals surface area (Å²) in [5, 5.41) is 0.666. The summed E-state index contributed by atoms with van der Waals surface area (Å²) >= 11 is 1.49. The molecule has 0 saturated carbocycles. The quantitative estimate of drug-likeness (QED) is 0.486. The van der Waals surface area contributed by atoms with Gasteiger partial charge in [-0.05, 0) is 63.5 Å². The molecule has 2 heterocycles. The summed E-state index contributed by atoms with van der Waals surface area (Å²) in [4.78, 5) is 47.0. The Kier molecular flexibility index (Phi) is 7.60. The summed E-state index contributed by atoms with van der Waals surface area (Å²) < 4.78 is 1.03. The number of carbonyl (C=O) groups excluding carboxylic acids is 3. The number of carbonyl (C=O) groups is 3. The molecule has 1 fully saturated rings. The van der Waals surface area contributed by atoms with Gasteiger partial charge in [0.05, 0.1) is 15.9 Å². The molecule has 1 aliphatic heterocycles. The molecule has 3 amide bonds. The van der Waals surface area contributed by atoms with Gasteiger partial charge in [0.1, 0.15) is 0 Å². The van der Waals surface area contributed by atoms with E-state index < -0.39 is 0 Å². The third-order valence-electron chi connectivity index (χ3n) is 5.17. The van der Waals surface area contributed by atoms with Crippen LogP contribution < -0.4 is 9.80 Å². The second kappa shape index (κ2) is 10.2. The van der Waals surface area contributed by atoms with Gasteiger partial charge < -0.3 is 4.90 Å². The average molecular weight is 473 g/mol. The lowest BCUT2D eigenvalue weighted by atomic mass is 10.1. The molecule has 0 unspecified atom stereocenters. The van der Waals surface area contributed by atoms with Crippen LogP contribution in [0, 0.1) is 0 Å². The second-order valence-corrected chi connectivity index (χ2v) is 8.76. The summed E-state index contributed by atoms with van der Waals surface area (Å²) in [5.41, 5.74) is 1.87. The Morgan fingerprint density at radius 2 is 1.66 bits per heavy atom. The first-order valence-corrected chi connectivity index (χ1v) is 11.0. The Hall–Kier alpha value is -2.81. The Bertz CT molecular complexity index is 1080. The van der Waals surface area contributed by atoms with Crippen LogP contribution >= 0.6 is 23.7 Å². The fourth-order valence-corrected chi connectivity index (χ4v) is 4.57. The molecule has 1 saturated heterocycles. The molecule has 9 heteroatoms. The fraction of sp³-hybridized carbons (Fsp3) is 0.304. The van der Waals surface area contributed by atoms with Gasteiger partial charge in [0.2, 0.25) is 11.8 Å². The summed E-state index contributed by atoms with van der Waals surface area (Å²) in [7, 11) is 4.01. The van der Waals surface area contributed by atoms with E-state index in [1.54, 1.807) is 29.2 Å². The summed E-state index contributed by atoms with van der Waals surface area (Å²) in [6, 6.07) is 14.5. The lowest BCUT2D eigenvalue weighted by molar-refractivity contribution is -0.121. The number of hydrogen-bond donors (Lipinski definition) is 0. The normalized spacial score (nSPS) is 13.7. The number of thiazole rings is 1. The van der Waals surface area contributed by atoms with Crippen LogP contribution in [0.4, 0.5) is 10.8 Å². The number of nitrogens with zero attached hydrogens (tertiary/aromatic N) is 4. The highest BCUT2D eigenvalue weighted by atomic mass is 35.5. The molecular weight excluding hydrogens is 448 g/mol. The maximum atomic E-state index is 13.4. The predicted octanol–water partition coefficient (Wildman–Crippen LogP) is 3.97. The molecule has 0 atom stereocenters. The monoisotopic (exact) mass is 472 g/mol. The van der Waals surface area contributed by atoms with Crippen molar-refractivity contribution in [2.45, 2.75) is 19.3 Å². The van der Waals surface area contributed by atoms with Crippen molar-refractivity contribution in [3.8, 4) is 0 Å². The van der Waals surface area contributed by atoms with Crippen LogP contribution in [0.15, 0.2) is 48.5 Å². The predicted molar refractivity (Wildman–Crippen MR) is 130 cm³/mol. The third kappa shape index (κ3) is 4.98. The molecule has 0 spiro atoms. The van der Waals surface area contributed by atoms with Crippen molar-refractivity contribution < 1.29 is 14.4 Å². The van der Waals surface area contributed by atoms with E-state index in [2.05, 4.69) is 9.88 Å². The Morgan fingerprint density at radius 1 is 1.00 bits per heavy atom. The van der Waals surface area contributed by atoms with E-state index in [1.165, 1.54) is 16.2 Å². The van der Waals surface area contributed by atoms with Crippen molar-refractivity contribution in [3.05, 3.63) is 54.1 Å². The zero-order valence-electron chi connectivity index (χ0n) is 18.0. The zero-order valence-corrected chi connectivity index (χ0v) is 19.6. The number of fused-ring (bicyclic) bond motifs is 1. The van der Waals surface area contributed by atoms with Crippen molar-refractivity contribution >= 4 is 62.5 Å². The van der Waals surface area contributed by atoms with E-state index in [0.717, 1.165) is 23.2 Å². The molecule has 1 aromatic heterocycles. The van der Waals surface area contributed by atoms with Gasteiger partial charge in [-0.15, -0.1) is 12.4 Å². The zero-order chi connectivity index (χ0) is 22.0. The minimum absolute atomic E-state index is 0. The van der Waals surface area contributed by atoms with Crippen molar-refractivity contribution in [2.75, 3.05) is 37.0 Å². The smallest absolute Gasteiger partial charge is 0.260 e. The molecule has 0 N–H and O–H groups in total. The fourth-order valence-electron chi connectivity index (χ4n) is 3.58. The van der Waals surface area contributed by atoms with Crippen LogP contribution in [0.2, 0.25) is 0 Å². The van der Waals surface area contributed by atoms with Gasteiger partial charge in [0.25, 0.3) is 5.91 Å². The number of rotatable bonds is 7. The van der Waals surface area contributed by atoms with E-state index in [-0.39, 0.29) is 43.0 Å². The largest absolute Gasteiger partial charge is 0.309 e. The van der Waals surface area contributed by atoms with Crippen molar-refractivity contribution in [3.63, 3.8) is 0 Å². The van der Waals surface area contributed by atoms with E-state index in [9.17, 15) is 14.4 Å². The van der Waals surface area contributed by atoms with Gasteiger partial charge >= 0.3 is 0 Å². The maximum absolute atomic E-state index is 13.4. The van der Waals surface area contributed by atoms with Crippen LogP contribution in [0.1, 0.15) is 29.6 Å². The van der Waals surface area contributed by atoms with Gasteiger partial charge in [-0.3, -0.25) is 24.2 Å². The van der Waals surface area contributed by atoms with Crippen LogP contribution in [0.25, 0.3) is 10.2 Å². The van der Waals surface area contributed by atoms with Crippen molar-refractivity contribution in [2.24, 2.45) is 0 Å². The van der Waals surface area contributed by atoms with E-state index in [1.807, 2.05) is 38.4 Å². The summed E-state index contributed by atoms with van der Waals surface area (Å²) in [5.74, 6) is -0.559. The first-order chi connectivity index (χ1) is 14.9. The van der Waals surface area contributed by atoms with Crippen LogP contribution in [0.5, 0.6) is 0 Å². The second-order valence-electron chi connectivity index (χ2n) is 7.75. The van der Waals surface area contributed by atoms with Gasteiger partial charge in [-0.1, -0.05) is 23.5 Å². The number of benzene rings is 2. The van der Waals surface area contributed by atoms with Gasteiger partial charge in [-0.25, -0.2) is 4.98 Å². The molecule has 0 radical (unpaired) electrons. The number of amides is 3. The third-order valence-corrected chi connectivity index (χ3v) is 6.23. The van der Waals surface area contributed by atoms with Crippen molar-refractivity contribution in [1.29, 1.82) is 0 Å². The van der Waals surface area contributed by atoms with Crippen LogP contribution in [0.3, 0.4) is 0 Å². The number of para-hydroxylation sites is 1. The van der Waals surface area contributed by atoms with Crippen molar-refractivity contribution in [1.82, 2.24) is 9.88 Å². The van der Waals surface area contributed by atoms with Gasteiger partial charge in [0.15, 0.2) is 5.13 Å².